The lowest BCUT2D eigenvalue weighted by molar-refractivity contribution is 0.0965. The van der Waals surface area contributed by atoms with Crippen LogP contribution < -0.4 is 0 Å². The van der Waals surface area contributed by atoms with Crippen molar-refractivity contribution < 1.29 is 19.1 Å². The minimum absolute atomic E-state index is 0.0304. The van der Waals surface area contributed by atoms with E-state index >= 15 is 0 Å². The van der Waals surface area contributed by atoms with Gasteiger partial charge in [-0.3, -0.25) is 9.59 Å². The van der Waals surface area contributed by atoms with Crippen molar-refractivity contribution in [3.63, 3.8) is 0 Å². The molecule has 0 saturated carbocycles. The van der Waals surface area contributed by atoms with E-state index in [0.29, 0.717) is 13.2 Å². The summed E-state index contributed by atoms with van der Waals surface area (Å²) in [5.41, 5.74) is 0.0608. The zero-order valence-corrected chi connectivity index (χ0v) is 12.9. The van der Waals surface area contributed by atoms with E-state index in [1.54, 1.807) is 0 Å². The molecule has 0 aromatic rings. The fourth-order valence-electron chi connectivity index (χ4n) is 1.42. The maximum absolute atomic E-state index is 11.0. The van der Waals surface area contributed by atoms with Crippen LogP contribution in [-0.2, 0) is 9.47 Å². The number of rotatable bonds is 7. The Morgan fingerprint density at radius 1 is 0.889 bits per heavy atom. The molecule has 2 aliphatic rings. The van der Waals surface area contributed by atoms with Crippen molar-refractivity contribution in [1.29, 1.82) is 0 Å². The van der Waals surface area contributed by atoms with E-state index in [1.165, 1.54) is 47.0 Å². The molecule has 4 nitrogen and oxygen atoms in total. The number of carbonyl (C=O) groups excluding carboxylic acids is 2. The van der Waals surface area contributed by atoms with Crippen LogP contribution in [0.2, 0.25) is 0 Å². The van der Waals surface area contributed by atoms with Crippen LogP contribution in [-0.4, -0.2) is 44.5 Å². The van der Waals surface area contributed by atoms with Gasteiger partial charge in [-0.1, -0.05) is 23.5 Å². The Morgan fingerprint density at radius 3 is 1.67 bits per heavy atom. The van der Waals surface area contributed by atoms with E-state index in [9.17, 15) is 9.59 Å². The molecule has 0 radical (unpaired) electrons. The molecule has 0 aromatic heterocycles. The first kappa shape index (κ1) is 15.1. The summed E-state index contributed by atoms with van der Waals surface area (Å²) in [6.45, 7) is 1.33. The van der Waals surface area contributed by atoms with Gasteiger partial charge >= 0.3 is 0 Å². The monoisotopic (exact) mass is 326 g/mol. The van der Waals surface area contributed by atoms with E-state index in [2.05, 4.69) is 0 Å². The molecule has 102 valence electrons. The Morgan fingerprint density at radius 2 is 1.33 bits per heavy atom. The Balaban J connectivity index is 1.42. The van der Waals surface area contributed by atoms with Crippen LogP contribution >= 0.6 is 47.0 Å². The van der Waals surface area contributed by atoms with Crippen molar-refractivity contribution in [3.05, 3.63) is 0 Å². The van der Waals surface area contributed by atoms with Crippen LogP contribution in [0.4, 0.5) is 9.59 Å². The van der Waals surface area contributed by atoms with Gasteiger partial charge in [-0.05, 0) is 36.4 Å². The van der Waals surface area contributed by atoms with Gasteiger partial charge in [-0.2, -0.15) is 0 Å². The lowest BCUT2D eigenvalue weighted by Crippen LogP contribution is -2.11. The summed E-state index contributed by atoms with van der Waals surface area (Å²) in [5.74, 6) is 1.52. The molecule has 0 aliphatic carbocycles. The van der Waals surface area contributed by atoms with Crippen molar-refractivity contribution in [2.75, 3.05) is 24.7 Å². The molecule has 0 spiro atoms. The Bertz CT molecular complexity index is 282. The second-order valence-corrected chi connectivity index (χ2v) is 8.43. The molecule has 2 saturated heterocycles. The fourth-order valence-corrected chi connectivity index (χ4v) is 5.46. The minimum atomic E-state index is 0.0304. The van der Waals surface area contributed by atoms with Gasteiger partial charge < -0.3 is 9.47 Å². The number of thioether (sulfide) groups is 4. The summed E-state index contributed by atoms with van der Waals surface area (Å²) in [6.07, 6.45) is 1.85. The number of ether oxygens (including phenoxy) is 2. The molecule has 2 fully saturated rings. The van der Waals surface area contributed by atoms with Crippen molar-refractivity contribution in [2.45, 2.75) is 23.7 Å². The molecule has 18 heavy (non-hydrogen) atoms. The SMILES string of the molecule is O=C1SCC(OCCCCOC2CSC(=O)S2)S1. The first-order chi connectivity index (χ1) is 8.74. The number of hydrogen-bond acceptors (Lipinski definition) is 8. The van der Waals surface area contributed by atoms with Gasteiger partial charge in [-0.15, -0.1) is 0 Å². The van der Waals surface area contributed by atoms with Crippen molar-refractivity contribution >= 4 is 55.9 Å². The smallest absolute Gasteiger partial charge is 0.248 e. The molecule has 2 unspecified atom stereocenters. The van der Waals surface area contributed by atoms with Gasteiger partial charge in [0, 0.05) is 24.7 Å². The van der Waals surface area contributed by atoms with E-state index in [4.69, 9.17) is 9.47 Å². The molecule has 2 rings (SSSR count). The zero-order valence-electron chi connectivity index (χ0n) is 9.66. The van der Waals surface area contributed by atoms with Crippen LogP contribution in [0.1, 0.15) is 12.8 Å². The summed E-state index contributed by atoms with van der Waals surface area (Å²) in [6, 6.07) is 0. The third-order valence-electron chi connectivity index (χ3n) is 2.28. The topological polar surface area (TPSA) is 52.6 Å². The van der Waals surface area contributed by atoms with Gasteiger partial charge in [0.15, 0.2) is 0 Å². The lowest BCUT2D eigenvalue weighted by atomic mass is 10.3. The number of carbonyl (C=O) groups is 2. The summed E-state index contributed by atoms with van der Waals surface area (Å²) in [4.78, 5) is 21.9. The second kappa shape index (κ2) is 8.06. The second-order valence-electron chi connectivity index (χ2n) is 3.67. The van der Waals surface area contributed by atoms with Gasteiger partial charge in [0.1, 0.15) is 10.9 Å². The van der Waals surface area contributed by atoms with Crippen LogP contribution in [0.3, 0.4) is 0 Å². The van der Waals surface area contributed by atoms with Crippen LogP contribution in [0, 0.1) is 0 Å². The van der Waals surface area contributed by atoms with Gasteiger partial charge in [-0.25, -0.2) is 0 Å². The molecule has 0 N–H and O–H groups in total. The van der Waals surface area contributed by atoms with Gasteiger partial charge in [0.05, 0.1) is 0 Å². The van der Waals surface area contributed by atoms with Gasteiger partial charge in [0.2, 0.25) is 8.89 Å². The summed E-state index contributed by atoms with van der Waals surface area (Å²) in [5, 5.41) is 0. The molecule has 8 heteroatoms. The summed E-state index contributed by atoms with van der Waals surface area (Å²) in [7, 11) is 0. The minimum Gasteiger partial charge on any atom is -0.366 e. The van der Waals surface area contributed by atoms with Crippen LogP contribution in [0.5, 0.6) is 0 Å². The number of hydrogen-bond donors (Lipinski definition) is 0. The molecule has 0 bridgehead atoms. The van der Waals surface area contributed by atoms with E-state index < -0.39 is 0 Å². The third-order valence-corrected chi connectivity index (χ3v) is 6.91. The molecule has 0 aromatic carbocycles. The summed E-state index contributed by atoms with van der Waals surface area (Å²) >= 11 is 5.21. The van der Waals surface area contributed by atoms with Crippen molar-refractivity contribution in [2.24, 2.45) is 0 Å². The Labute approximate surface area is 123 Å². The Hall–Kier alpha value is 0.660. The van der Waals surface area contributed by atoms with E-state index in [0.717, 1.165) is 24.3 Å². The van der Waals surface area contributed by atoms with Gasteiger partial charge in [0.25, 0.3) is 0 Å². The Kier molecular flexibility index (Phi) is 6.74. The highest BCUT2D eigenvalue weighted by Crippen LogP contribution is 2.34. The standard InChI is InChI=1S/C10H14O4S4/c11-9-15-5-7(17-9)13-3-1-2-4-14-8-6-16-10(12)18-8/h7-8H,1-6H2. The molecular weight excluding hydrogens is 312 g/mol. The lowest BCUT2D eigenvalue weighted by Gasteiger charge is -2.10. The zero-order chi connectivity index (χ0) is 12.8. The molecule has 2 heterocycles. The molecule has 0 amide bonds. The molecular formula is C10H14O4S4. The molecule has 2 atom stereocenters. The fraction of sp³-hybridized carbons (Fsp3) is 0.800. The van der Waals surface area contributed by atoms with Crippen molar-refractivity contribution in [1.82, 2.24) is 0 Å². The maximum Gasteiger partial charge on any atom is 0.248 e. The quantitative estimate of drug-likeness (QED) is 0.657. The molecule has 2 aliphatic heterocycles. The van der Waals surface area contributed by atoms with E-state index in [-0.39, 0.29) is 19.8 Å². The third kappa shape index (κ3) is 5.34. The highest BCUT2D eigenvalue weighted by Gasteiger charge is 2.25. The first-order valence-corrected chi connectivity index (χ1v) is 9.37. The largest absolute Gasteiger partial charge is 0.366 e. The normalized spacial score (nSPS) is 28.2. The van der Waals surface area contributed by atoms with Crippen LogP contribution in [0.15, 0.2) is 0 Å². The first-order valence-electron chi connectivity index (χ1n) is 5.64. The van der Waals surface area contributed by atoms with Crippen molar-refractivity contribution in [3.8, 4) is 0 Å². The predicted molar refractivity (Wildman–Crippen MR) is 79.6 cm³/mol. The predicted octanol–water partition coefficient (Wildman–Crippen LogP) is 3.65. The maximum atomic E-state index is 11.0. The highest BCUT2D eigenvalue weighted by molar-refractivity contribution is 8.41. The average molecular weight is 326 g/mol. The number of unbranched alkanes of at least 4 members (excludes halogenated alkanes) is 1. The average Bonchev–Trinajstić information content (AvgIpc) is 2.93. The van der Waals surface area contributed by atoms with E-state index in [1.807, 2.05) is 0 Å². The van der Waals surface area contributed by atoms with Crippen LogP contribution in [0.25, 0.3) is 0 Å². The summed E-state index contributed by atoms with van der Waals surface area (Å²) < 4.78 is 11.4. The highest BCUT2D eigenvalue weighted by atomic mass is 32.2.